The average Bonchev–Trinajstić information content (AvgIpc) is 3.61. The minimum absolute atomic E-state index is 0.0980. The monoisotopic (exact) mass is 635 g/mol. The molecule has 1 aliphatic heterocycles. The number of carbonyl (C=O) groups is 2. The number of methoxy groups -OCH3 is 1. The van der Waals surface area contributed by atoms with Gasteiger partial charge >= 0.3 is 5.91 Å². The fourth-order valence-corrected chi connectivity index (χ4v) is 6.47. The van der Waals surface area contributed by atoms with Crippen LogP contribution in [0.4, 0.5) is 9.52 Å². The van der Waals surface area contributed by atoms with Crippen molar-refractivity contribution in [2.45, 2.75) is 36.4 Å². The number of Topliss-reactive ketones (excluding diaryl/α,β-unsaturated/α-hetero) is 1. The summed E-state index contributed by atoms with van der Waals surface area (Å²) in [6.07, 6.45) is 0.842. The van der Waals surface area contributed by atoms with E-state index in [0.717, 1.165) is 23.3 Å². The summed E-state index contributed by atoms with van der Waals surface area (Å²) in [4.78, 5) is 28.5. The summed E-state index contributed by atoms with van der Waals surface area (Å²) >= 11 is 2.51. The molecule has 1 aromatic heterocycles. The molecule has 1 atom stereocenters. The van der Waals surface area contributed by atoms with Gasteiger partial charge in [-0.05, 0) is 73.0 Å². The second-order valence-electron chi connectivity index (χ2n) is 9.65. The van der Waals surface area contributed by atoms with Gasteiger partial charge in [-0.3, -0.25) is 14.5 Å². The minimum atomic E-state index is -1.03. The summed E-state index contributed by atoms with van der Waals surface area (Å²) in [5.74, 6) is -0.336. The maximum absolute atomic E-state index is 13.6. The Morgan fingerprint density at radius 2 is 1.75 bits per heavy atom. The molecule has 5 rings (SSSR count). The van der Waals surface area contributed by atoms with E-state index in [9.17, 15) is 19.1 Å². The van der Waals surface area contributed by atoms with Crippen LogP contribution in [0, 0.1) is 5.82 Å². The standard InChI is InChI=1S/C32H30FN3O6S2/c1-4-16-42-23-13-8-20(9-14-23)28(37)26-27(21-10-15-24(41-5-2)25(17-21)40-3)36(30(39)29(26)38)31-34-35-32(44-31)43-18-19-6-11-22(33)12-7-19/h6-15,17,27,37H,4-5,16,18H2,1-3H3/b28-26-. The normalized spacial score (nSPS) is 15.9. The quantitative estimate of drug-likeness (QED) is 0.0591. The predicted molar refractivity (Wildman–Crippen MR) is 167 cm³/mol. The zero-order valence-electron chi connectivity index (χ0n) is 24.3. The largest absolute Gasteiger partial charge is 0.507 e. The van der Waals surface area contributed by atoms with Gasteiger partial charge in [0.2, 0.25) is 5.13 Å². The van der Waals surface area contributed by atoms with Gasteiger partial charge in [-0.15, -0.1) is 10.2 Å². The van der Waals surface area contributed by atoms with Crippen molar-refractivity contribution in [3.05, 3.63) is 94.8 Å². The molecule has 1 saturated heterocycles. The van der Waals surface area contributed by atoms with Crippen LogP contribution in [-0.2, 0) is 15.3 Å². The summed E-state index contributed by atoms with van der Waals surface area (Å²) < 4.78 is 30.7. The number of nitrogens with zero attached hydrogens (tertiary/aromatic N) is 3. The van der Waals surface area contributed by atoms with Crippen LogP contribution in [0.1, 0.15) is 43.0 Å². The SMILES string of the molecule is CCCOc1ccc(/C(O)=C2/C(=O)C(=O)N(c3nnc(SCc4ccc(F)cc4)s3)C2c2ccc(OCC)c(OC)c2)cc1. The van der Waals surface area contributed by atoms with E-state index in [1.54, 1.807) is 54.6 Å². The lowest BCUT2D eigenvalue weighted by molar-refractivity contribution is -0.132. The number of halogens is 1. The summed E-state index contributed by atoms with van der Waals surface area (Å²) in [6.45, 7) is 4.81. The molecule has 0 spiro atoms. The summed E-state index contributed by atoms with van der Waals surface area (Å²) in [5, 5.41) is 20.2. The van der Waals surface area contributed by atoms with Crippen molar-refractivity contribution in [2.24, 2.45) is 0 Å². The van der Waals surface area contributed by atoms with Crippen molar-refractivity contribution >= 4 is 45.7 Å². The van der Waals surface area contributed by atoms with E-state index in [-0.39, 0.29) is 22.3 Å². The van der Waals surface area contributed by atoms with Crippen LogP contribution >= 0.6 is 23.1 Å². The first-order valence-electron chi connectivity index (χ1n) is 13.9. The topological polar surface area (TPSA) is 111 Å². The van der Waals surface area contributed by atoms with Gasteiger partial charge in [0.1, 0.15) is 17.3 Å². The molecule has 0 radical (unpaired) electrons. The second kappa shape index (κ2) is 13.9. The third kappa shape index (κ3) is 6.56. The van der Waals surface area contributed by atoms with Crippen molar-refractivity contribution in [1.29, 1.82) is 0 Å². The van der Waals surface area contributed by atoms with Gasteiger partial charge in [0.25, 0.3) is 5.78 Å². The van der Waals surface area contributed by atoms with Crippen LogP contribution in [0.3, 0.4) is 0 Å². The van der Waals surface area contributed by atoms with E-state index in [1.807, 2.05) is 13.8 Å². The van der Waals surface area contributed by atoms with Crippen molar-refractivity contribution in [3.8, 4) is 17.2 Å². The lowest BCUT2D eigenvalue weighted by Gasteiger charge is -2.23. The van der Waals surface area contributed by atoms with Gasteiger partial charge in [-0.2, -0.15) is 0 Å². The second-order valence-corrected chi connectivity index (χ2v) is 11.8. The molecule has 3 aromatic carbocycles. The van der Waals surface area contributed by atoms with E-state index in [0.29, 0.717) is 51.7 Å². The Morgan fingerprint density at radius 3 is 2.43 bits per heavy atom. The summed E-state index contributed by atoms with van der Waals surface area (Å²) in [5.41, 5.74) is 1.65. The molecule has 4 aromatic rings. The molecule has 0 saturated carbocycles. The number of ether oxygens (including phenoxy) is 3. The molecular weight excluding hydrogens is 605 g/mol. The van der Waals surface area contributed by atoms with Crippen molar-refractivity contribution in [3.63, 3.8) is 0 Å². The fourth-order valence-electron chi connectivity index (χ4n) is 4.64. The van der Waals surface area contributed by atoms with E-state index in [1.165, 1.54) is 35.9 Å². The first-order valence-corrected chi connectivity index (χ1v) is 15.7. The first kappa shape index (κ1) is 31.0. The highest BCUT2D eigenvalue weighted by molar-refractivity contribution is 8.00. The van der Waals surface area contributed by atoms with Gasteiger partial charge < -0.3 is 19.3 Å². The van der Waals surface area contributed by atoms with Crippen molar-refractivity contribution < 1.29 is 33.3 Å². The van der Waals surface area contributed by atoms with Crippen LogP contribution in [0.2, 0.25) is 0 Å². The Kier molecular flexibility index (Phi) is 9.81. The minimum Gasteiger partial charge on any atom is -0.507 e. The number of carbonyl (C=O) groups excluding carboxylic acids is 2. The number of thioether (sulfide) groups is 1. The van der Waals surface area contributed by atoms with Crippen molar-refractivity contribution in [1.82, 2.24) is 10.2 Å². The van der Waals surface area contributed by atoms with Gasteiger partial charge in [0, 0.05) is 11.3 Å². The van der Waals surface area contributed by atoms with Gasteiger partial charge in [-0.25, -0.2) is 4.39 Å². The van der Waals surface area contributed by atoms with Gasteiger partial charge in [0.05, 0.1) is 31.9 Å². The highest BCUT2D eigenvalue weighted by Crippen LogP contribution is 2.45. The Hall–Kier alpha value is -4.42. The summed E-state index contributed by atoms with van der Waals surface area (Å²) in [6, 6.07) is 16.9. The zero-order valence-corrected chi connectivity index (χ0v) is 25.9. The van der Waals surface area contributed by atoms with Crippen molar-refractivity contribution in [2.75, 3.05) is 25.2 Å². The number of aromatic nitrogens is 2. The molecular formula is C32H30FN3O6S2. The maximum Gasteiger partial charge on any atom is 0.301 e. The van der Waals surface area contributed by atoms with E-state index < -0.39 is 17.7 Å². The molecule has 1 unspecified atom stereocenters. The molecule has 1 N–H and O–H groups in total. The van der Waals surface area contributed by atoms with Crippen LogP contribution < -0.4 is 19.1 Å². The molecule has 2 heterocycles. The van der Waals surface area contributed by atoms with Crippen LogP contribution in [0.25, 0.3) is 5.76 Å². The van der Waals surface area contributed by atoms with E-state index >= 15 is 0 Å². The lowest BCUT2D eigenvalue weighted by Crippen LogP contribution is -2.29. The Balaban J connectivity index is 1.55. The third-order valence-corrected chi connectivity index (χ3v) is 8.85. The molecule has 228 valence electrons. The molecule has 0 aliphatic carbocycles. The molecule has 9 nitrogen and oxygen atoms in total. The molecule has 0 bridgehead atoms. The van der Waals surface area contributed by atoms with Gasteiger partial charge in [0.15, 0.2) is 15.8 Å². The highest BCUT2D eigenvalue weighted by atomic mass is 32.2. The molecule has 1 aliphatic rings. The smallest absolute Gasteiger partial charge is 0.301 e. The predicted octanol–water partition coefficient (Wildman–Crippen LogP) is 6.79. The number of amides is 1. The highest BCUT2D eigenvalue weighted by Gasteiger charge is 2.48. The average molecular weight is 636 g/mol. The van der Waals surface area contributed by atoms with E-state index in [4.69, 9.17) is 14.2 Å². The van der Waals surface area contributed by atoms with E-state index in [2.05, 4.69) is 10.2 Å². The fraction of sp³-hybridized carbons (Fsp3) is 0.250. The van der Waals surface area contributed by atoms with Gasteiger partial charge in [-0.1, -0.05) is 48.2 Å². The van der Waals surface area contributed by atoms with Crippen LogP contribution in [0.15, 0.2) is 76.6 Å². The first-order chi connectivity index (χ1) is 21.3. The third-order valence-electron chi connectivity index (χ3n) is 6.73. The Labute approximate surface area is 262 Å². The number of aliphatic hydroxyl groups is 1. The number of rotatable bonds is 12. The number of hydrogen-bond donors (Lipinski definition) is 1. The van der Waals surface area contributed by atoms with Crippen LogP contribution in [0.5, 0.6) is 17.2 Å². The maximum atomic E-state index is 13.6. The number of hydrogen-bond acceptors (Lipinski definition) is 10. The molecule has 12 heteroatoms. The summed E-state index contributed by atoms with van der Waals surface area (Å²) in [7, 11) is 1.50. The number of aliphatic hydroxyl groups excluding tert-OH is 1. The van der Waals surface area contributed by atoms with Crippen LogP contribution in [-0.4, -0.2) is 47.3 Å². The zero-order chi connectivity index (χ0) is 31.2. The lowest BCUT2D eigenvalue weighted by atomic mass is 9.95. The molecule has 44 heavy (non-hydrogen) atoms. The Morgan fingerprint density at radius 1 is 1.00 bits per heavy atom. The number of benzene rings is 3. The molecule has 1 fully saturated rings. The number of anilines is 1. The number of ketones is 1. The Bertz CT molecular complexity index is 1670. The molecule has 1 amide bonds.